The van der Waals surface area contributed by atoms with Gasteiger partial charge in [0, 0.05) is 23.7 Å². The molecule has 1 N–H and O–H groups in total. The van der Waals surface area contributed by atoms with E-state index in [-0.39, 0.29) is 11.7 Å². The Morgan fingerprint density at radius 2 is 2.19 bits per heavy atom. The summed E-state index contributed by atoms with van der Waals surface area (Å²) >= 11 is 7.33. The topological polar surface area (TPSA) is 85.8 Å². The van der Waals surface area contributed by atoms with Crippen molar-refractivity contribution in [3.8, 4) is 5.69 Å². The fraction of sp³-hybridized carbons (Fsp3) is 0.111. The van der Waals surface area contributed by atoms with Crippen LogP contribution in [0, 0.1) is 6.92 Å². The molecule has 0 spiro atoms. The monoisotopic (exact) mass is 399 g/mol. The molecule has 0 fully saturated rings. The summed E-state index contributed by atoms with van der Waals surface area (Å²) < 4.78 is 7.27. The van der Waals surface area contributed by atoms with Crippen LogP contribution in [-0.2, 0) is 4.79 Å². The van der Waals surface area contributed by atoms with E-state index < -0.39 is 0 Å². The molecule has 1 amide bonds. The summed E-state index contributed by atoms with van der Waals surface area (Å²) in [5.74, 6) is 0.618. The Hall–Kier alpha value is -2.84. The van der Waals surface area contributed by atoms with E-state index in [1.165, 1.54) is 11.8 Å². The van der Waals surface area contributed by atoms with E-state index in [4.69, 9.17) is 16.0 Å². The van der Waals surface area contributed by atoms with Crippen LogP contribution in [0.3, 0.4) is 0 Å². The molecule has 7 nitrogen and oxygen atoms in total. The SMILES string of the molecule is Cc1nc2ccc(NC(=O)CSc3nncn3-c3cccc(Cl)c3)cc2o1. The average molecular weight is 400 g/mol. The molecule has 4 aromatic rings. The van der Waals surface area contributed by atoms with Gasteiger partial charge < -0.3 is 9.73 Å². The number of rotatable bonds is 5. The molecule has 0 bridgehead atoms. The molecule has 9 heteroatoms. The standard InChI is InChI=1S/C18H14ClN5O2S/c1-11-21-15-6-5-13(8-16(15)26-11)22-17(25)9-27-18-23-20-10-24(18)14-4-2-3-12(19)7-14/h2-8,10H,9H2,1H3,(H,22,25). The molecule has 27 heavy (non-hydrogen) atoms. The number of aryl methyl sites for hydroxylation is 1. The maximum atomic E-state index is 12.3. The average Bonchev–Trinajstić information content (AvgIpc) is 3.25. The summed E-state index contributed by atoms with van der Waals surface area (Å²) in [5.41, 5.74) is 2.88. The second kappa shape index (κ2) is 7.42. The number of hydrogen-bond acceptors (Lipinski definition) is 6. The Labute approximate surface area is 163 Å². The van der Waals surface area contributed by atoms with E-state index in [0.717, 1.165) is 11.2 Å². The molecule has 136 valence electrons. The molecule has 2 heterocycles. The Kier molecular flexibility index (Phi) is 4.83. The van der Waals surface area contributed by atoms with E-state index in [9.17, 15) is 4.79 Å². The number of fused-ring (bicyclic) bond motifs is 1. The second-order valence-electron chi connectivity index (χ2n) is 5.72. The quantitative estimate of drug-likeness (QED) is 0.508. The molecule has 0 radical (unpaired) electrons. The number of anilines is 1. The van der Waals surface area contributed by atoms with Crippen LogP contribution in [0.15, 0.2) is 58.4 Å². The van der Waals surface area contributed by atoms with Crippen molar-refractivity contribution in [2.75, 3.05) is 11.1 Å². The van der Waals surface area contributed by atoms with Crippen LogP contribution in [0.1, 0.15) is 5.89 Å². The number of halogens is 1. The Morgan fingerprint density at radius 1 is 1.30 bits per heavy atom. The summed E-state index contributed by atoms with van der Waals surface area (Å²) in [4.78, 5) is 16.5. The summed E-state index contributed by atoms with van der Waals surface area (Å²) in [6, 6.07) is 12.7. The lowest BCUT2D eigenvalue weighted by Crippen LogP contribution is -2.14. The van der Waals surface area contributed by atoms with Gasteiger partial charge in [-0.15, -0.1) is 10.2 Å². The first-order chi connectivity index (χ1) is 13.1. The lowest BCUT2D eigenvalue weighted by Gasteiger charge is -2.07. The largest absolute Gasteiger partial charge is 0.441 e. The first kappa shape index (κ1) is 17.6. The van der Waals surface area contributed by atoms with Crippen LogP contribution in [0.25, 0.3) is 16.8 Å². The summed E-state index contributed by atoms with van der Waals surface area (Å²) in [7, 11) is 0. The number of carbonyl (C=O) groups excluding carboxylic acids is 1. The lowest BCUT2D eigenvalue weighted by molar-refractivity contribution is -0.113. The first-order valence-corrected chi connectivity index (χ1v) is 9.41. The van der Waals surface area contributed by atoms with Gasteiger partial charge in [0.25, 0.3) is 0 Å². The van der Waals surface area contributed by atoms with Gasteiger partial charge >= 0.3 is 0 Å². The first-order valence-electron chi connectivity index (χ1n) is 8.04. The van der Waals surface area contributed by atoms with Crippen LogP contribution in [0.5, 0.6) is 0 Å². The molecular formula is C18H14ClN5O2S. The third-order valence-corrected chi connectivity index (χ3v) is 4.89. The van der Waals surface area contributed by atoms with Crippen molar-refractivity contribution >= 4 is 46.1 Å². The molecular weight excluding hydrogens is 386 g/mol. The van der Waals surface area contributed by atoms with Gasteiger partial charge in [-0.1, -0.05) is 29.4 Å². The number of thioether (sulfide) groups is 1. The highest BCUT2D eigenvalue weighted by Crippen LogP contribution is 2.23. The van der Waals surface area contributed by atoms with Crippen LogP contribution in [0.2, 0.25) is 5.02 Å². The summed E-state index contributed by atoms with van der Waals surface area (Å²) in [5, 5.41) is 12.1. The number of benzene rings is 2. The molecule has 2 aromatic heterocycles. The van der Waals surface area contributed by atoms with E-state index in [1.807, 2.05) is 24.3 Å². The molecule has 2 aromatic carbocycles. The molecule has 0 aliphatic heterocycles. The highest BCUT2D eigenvalue weighted by Gasteiger charge is 2.11. The Balaban J connectivity index is 1.43. The zero-order chi connectivity index (χ0) is 18.8. The zero-order valence-electron chi connectivity index (χ0n) is 14.2. The van der Waals surface area contributed by atoms with Crippen molar-refractivity contribution in [1.82, 2.24) is 19.7 Å². The highest BCUT2D eigenvalue weighted by atomic mass is 35.5. The van der Waals surface area contributed by atoms with Crippen LogP contribution < -0.4 is 5.32 Å². The second-order valence-corrected chi connectivity index (χ2v) is 7.09. The van der Waals surface area contributed by atoms with Gasteiger partial charge in [0.05, 0.1) is 11.4 Å². The normalized spacial score (nSPS) is 11.0. The van der Waals surface area contributed by atoms with Crippen molar-refractivity contribution in [3.05, 3.63) is 59.7 Å². The van der Waals surface area contributed by atoms with Crippen molar-refractivity contribution in [2.24, 2.45) is 0 Å². The predicted molar refractivity (Wildman–Crippen MR) is 104 cm³/mol. The summed E-state index contributed by atoms with van der Waals surface area (Å²) in [6.45, 7) is 1.78. The predicted octanol–water partition coefficient (Wildman–Crippen LogP) is 4.10. The third-order valence-electron chi connectivity index (χ3n) is 3.71. The van der Waals surface area contributed by atoms with Crippen molar-refractivity contribution in [1.29, 1.82) is 0 Å². The highest BCUT2D eigenvalue weighted by molar-refractivity contribution is 7.99. The minimum Gasteiger partial charge on any atom is -0.441 e. The van der Waals surface area contributed by atoms with Gasteiger partial charge in [0.1, 0.15) is 11.8 Å². The number of aromatic nitrogens is 4. The third kappa shape index (κ3) is 3.96. The van der Waals surface area contributed by atoms with Gasteiger partial charge in [-0.05, 0) is 30.3 Å². The summed E-state index contributed by atoms with van der Waals surface area (Å²) in [6.07, 6.45) is 1.59. The van der Waals surface area contributed by atoms with Crippen molar-refractivity contribution in [3.63, 3.8) is 0 Å². The number of carbonyl (C=O) groups is 1. The molecule has 0 unspecified atom stereocenters. The zero-order valence-corrected chi connectivity index (χ0v) is 15.8. The minimum absolute atomic E-state index is 0.156. The van der Waals surface area contributed by atoms with Gasteiger partial charge in [-0.25, -0.2) is 4.98 Å². The molecule has 0 saturated carbocycles. The number of amides is 1. The maximum Gasteiger partial charge on any atom is 0.234 e. The molecule has 0 saturated heterocycles. The number of nitrogens with one attached hydrogen (secondary N) is 1. The fourth-order valence-corrected chi connectivity index (χ4v) is 3.48. The lowest BCUT2D eigenvalue weighted by atomic mass is 10.3. The number of nitrogens with zero attached hydrogens (tertiary/aromatic N) is 4. The molecule has 0 atom stereocenters. The van der Waals surface area contributed by atoms with Gasteiger partial charge in [0.15, 0.2) is 16.6 Å². The molecule has 0 aliphatic rings. The van der Waals surface area contributed by atoms with E-state index in [1.54, 1.807) is 36.0 Å². The molecule has 0 aliphatic carbocycles. The van der Waals surface area contributed by atoms with Crippen LogP contribution in [0.4, 0.5) is 5.69 Å². The number of hydrogen-bond donors (Lipinski definition) is 1. The van der Waals surface area contributed by atoms with Crippen LogP contribution in [-0.4, -0.2) is 31.4 Å². The number of oxazole rings is 1. The van der Waals surface area contributed by atoms with E-state index in [0.29, 0.717) is 27.3 Å². The van der Waals surface area contributed by atoms with Crippen molar-refractivity contribution < 1.29 is 9.21 Å². The van der Waals surface area contributed by atoms with E-state index >= 15 is 0 Å². The van der Waals surface area contributed by atoms with Crippen LogP contribution >= 0.6 is 23.4 Å². The fourth-order valence-electron chi connectivity index (χ4n) is 2.57. The molecule has 4 rings (SSSR count). The minimum atomic E-state index is -0.156. The van der Waals surface area contributed by atoms with Crippen molar-refractivity contribution in [2.45, 2.75) is 12.1 Å². The van der Waals surface area contributed by atoms with Gasteiger partial charge in [-0.3, -0.25) is 9.36 Å². The van der Waals surface area contributed by atoms with Gasteiger partial charge in [-0.2, -0.15) is 0 Å². The Bertz CT molecular complexity index is 1120. The smallest absolute Gasteiger partial charge is 0.234 e. The van der Waals surface area contributed by atoms with E-state index in [2.05, 4.69) is 20.5 Å². The van der Waals surface area contributed by atoms with Gasteiger partial charge in [0.2, 0.25) is 5.91 Å². The Morgan fingerprint density at radius 3 is 3.04 bits per heavy atom. The maximum absolute atomic E-state index is 12.3.